The van der Waals surface area contributed by atoms with E-state index in [9.17, 15) is 4.79 Å². The van der Waals surface area contributed by atoms with Gasteiger partial charge in [-0.25, -0.2) is 15.6 Å². The van der Waals surface area contributed by atoms with Crippen molar-refractivity contribution in [2.75, 3.05) is 39.3 Å². The number of hydrogen-bond acceptors (Lipinski definition) is 5. The predicted molar refractivity (Wildman–Crippen MR) is 203 cm³/mol. The number of rotatable bonds is 12. The quantitative estimate of drug-likeness (QED) is 0.171. The molecule has 2 amide bonds. The van der Waals surface area contributed by atoms with Gasteiger partial charge in [0.1, 0.15) is 0 Å². The van der Waals surface area contributed by atoms with Crippen molar-refractivity contribution in [2.24, 2.45) is 21.0 Å². The molecule has 2 aliphatic rings. The monoisotopic (exact) mass is 700 g/mol. The van der Waals surface area contributed by atoms with Crippen molar-refractivity contribution >= 4 is 65.2 Å². The zero-order valence-electron chi connectivity index (χ0n) is 28.3. The molecule has 0 atom stereocenters. The molecule has 2 heterocycles. The Morgan fingerprint density at radius 3 is 1.34 bits per heavy atom. The van der Waals surface area contributed by atoms with Gasteiger partial charge in [-0.2, -0.15) is 10.2 Å². The number of hydrogen-bond donors (Lipinski definition) is 2. The molecule has 2 saturated heterocycles. The van der Waals surface area contributed by atoms with Crippen LogP contribution in [-0.2, 0) is 0 Å². The highest BCUT2D eigenvalue weighted by molar-refractivity contribution is 6.30. The number of carbonyl (C=O) groups excluding carboxylic acids is 1. The number of piperidine rings is 2. The zero-order chi connectivity index (χ0) is 33.0. The average Bonchev–Trinajstić information content (AvgIpc) is 3.03. The van der Waals surface area contributed by atoms with Crippen molar-refractivity contribution in [3.63, 3.8) is 0 Å². The van der Waals surface area contributed by atoms with E-state index in [1.54, 1.807) is 0 Å². The minimum atomic E-state index is -0.489. The second kappa shape index (κ2) is 18.8. The summed E-state index contributed by atoms with van der Waals surface area (Å²) in [7, 11) is 0. The van der Waals surface area contributed by atoms with E-state index in [-0.39, 0.29) is 23.2 Å². The molecule has 0 spiro atoms. The van der Waals surface area contributed by atoms with Crippen LogP contribution in [0.2, 0.25) is 10.0 Å². The van der Waals surface area contributed by atoms with Crippen molar-refractivity contribution in [3.8, 4) is 0 Å². The lowest BCUT2D eigenvalue weighted by atomic mass is 9.85. The number of nitrogens with zero attached hydrogens (tertiary/aromatic N) is 4. The van der Waals surface area contributed by atoms with Crippen LogP contribution in [0, 0.1) is 10.8 Å². The standard InChI is InChI=1S/C37H50Cl2N6O.ClH/c1-36(2,27-44-23-7-5-8-24-44)33(21-15-29-11-17-31(38)18-12-29)40-42-35(46)43-41-34(22-16-30-13-19-32(39)20-14-30)37(3,4)28-45-25-9-6-10-26-45;/h11-22H,5-10,23-28H2,1-4H3,(H2,42,43,46);1H/b21-15+,22-16+,40-33+,41-34+;. The molecule has 0 bridgehead atoms. The normalized spacial score (nSPS) is 17.6. The Balaban J connectivity index is 0.00000600. The lowest BCUT2D eigenvalue weighted by Crippen LogP contribution is -2.43. The third kappa shape index (κ3) is 13.0. The summed E-state index contributed by atoms with van der Waals surface area (Å²) in [6.45, 7) is 14.7. The van der Waals surface area contributed by atoms with Crippen molar-refractivity contribution in [3.05, 3.63) is 81.9 Å². The summed E-state index contributed by atoms with van der Waals surface area (Å²) in [4.78, 5) is 18.2. The highest BCUT2D eigenvalue weighted by Gasteiger charge is 2.29. The molecule has 0 radical (unpaired) electrons. The first-order valence-corrected chi connectivity index (χ1v) is 17.3. The molecule has 2 N–H and O–H groups in total. The lowest BCUT2D eigenvalue weighted by Gasteiger charge is -2.35. The molecular weight excluding hydrogens is 651 g/mol. The summed E-state index contributed by atoms with van der Waals surface area (Å²) in [5.41, 5.74) is 8.42. The molecule has 2 fully saturated rings. The van der Waals surface area contributed by atoms with Crippen molar-refractivity contribution in [1.29, 1.82) is 0 Å². The third-order valence-corrected chi connectivity index (χ3v) is 9.19. The van der Waals surface area contributed by atoms with Gasteiger partial charge < -0.3 is 9.80 Å². The second-order valence-corrected chi connectivity index (χ2v) is 14.6. The van der Waals surface area contributed by atoms with Gasteiger partial charge in [0.2, 0.25) is 0 Å². The van der Waals surface area contributed by atoms with Crippen molar-refractivity contribution in [1.82, 2.24) is 20.7 Å². The van der Waals surface area contributed by atoms with Crippen LogP contribution in [0.15, 0.2) is 70.9 Å². The van der Waals surface area contributed by atoms with Gasteiger partial charge in [-0.15, -0.1) is 12.4 Å². The Morgan fingerprint density at radius 2 is 1.00 bits per heavy atom. The Kier molecular flexibility index (Phi) is 15.5. The summed E-state index contributed by atoms with van der Waals surface area (Å²) < 4.78 is 0. The summed E-state index contributed by atoms with van der Waals surface area (Å²) in [6, 6.07) is 14.8. The topological polar surface area (TPSA) is 72.3 Å². The molecule has 7 nitrogen and oxygen atoms in total. The van der Waals surface area contributed by atoms with Gasteiger partial charge in [0.05, 0.1) is 11.4 Å². The minimum Gasteiger partial charge on any atom is -0.302 e. The number of amides is 2. The van der Waals surface area contributed by atoms with Crippen LogP contribution >= 0.6 is 35.6 Å². The van der Waals surface area contributed by atoms with Crippen LogP contribution in [-0.4, -0.2) is 66.5 Å². The first kappa shape index (κ1) is 38.8. The molecule has 2 aliphatic heterocycles. The average molecular weight is 702 g/mol. The van der Waals surface area contributed by atoms with E-state index in [2.05, 4.69) is 58.5 Å². The number of hydrazone groups is 2. The van der Waals surface area contributed by atoms with Gasteiger partial charge in [-0.05, 0) is 99.4 Å². The van der Waals surface area contributed by atoms with Crippen LogP contribution < -0.4 is 10.9 Å². The predicted octanol–water partition coefficient (Wildman–Crippen LogP) is 9.18. The molecule has 0 unspecified atom stereocenters. The Bertz CT molecular complexity index is 1280. The second-order valence-electron chi connectivity index (χ2n) is 13.8. The Hall–Kier alpha value is -2.68. The number of urea groups is 1. The maximum absolute atomic E-state index is 13.2. The third-order valence-electron chi connectivity index (χ3n) is 8.69. The van der Waals surface area contributed by atoms with E-state index < -0.39 is 6.03 Å². The van der Waals surface area contributed by atoms with E-state index in [0.717, 1.165) is 61.8 Å². The van der Waals surface area contributed by atoms with E-state index >= 15 is 0 Å². The number of allylic oxidation sites excluding steroid dienone is 2. The van der Waals surface area contributed by atoms with E-state index in [4.69, 9.17) is 23.2 Å². The molecule has 256 valence electrons. The first-order valence-electron chi connectivity index (χ1n) is 16.5. The highest BCUT2D eigenvalue weighted by Crippen LogP contribution is 2.25. The van der Waals surface area contributed by atoms with Crippen LogP contribution in [0.4, 0.5) is 4.79 Å². The summed E-state index contributed by atoms with van der Waals surface area (Å²) >= 11 is 12.2. The van der Waals surface area contributed by atoms with Crippen LogP contribution in [0.3, 0.4) is 0 Å². The fourth-order valence-electron chi connectivity index (χ4n) is 6.09. The summed E-state index contributed by atoms with van der Waals surface area (Å²) in [5, 5.41) is 10.7. The Morgan fingerprint density at radius 1 is 0.660 bits per heavy atom. The Labute approximate surface area is 297 Å². The van der Waals surface area contributed by atoms with Gasteiger partial charge >= 0.3 is 6.03 Å². The fraction of sp³-hybridized carbons (Fsp3) is 0.486. The largest absolute Gasteiger partial charge is 0.355 e. The number of benzene rings is 2. The van der Waals surface area contributed by atoms with E-state index in [1.165, 1.54) is 38.5 Å². The van der Waals surface area contributed by atoms with Gasteiger partial charge in [0.25, 0.3) is 0 Å². The molecule has 2 aromatic carbocycles. The maximum atomic E-state index is 13.2. The lowest BCUT2D eigenvalue weighted by molar-refractivity contribution is 0.186. The molecule has 0 aliphatic carbocycles. The number of nitrogens with one attached hydrogen (secondary N) is 2. The van der Waals surface area contributed by atoms with E-state index in [0.29, 0.717) is 10.0 Å². The van der Waals surface area contributed by atoms with Crippen molar-refractivity contribution < 1.29 is 4.79 Å². The molecule has 0 saturated carbocycles. The fourth-order valence-corrected chi connectivity index (χ4v) is 6.34. The molecular formula is C37H51Cl3N6O. The van der Waals surface area contributed by atoms with Gasteiger partial charge in [-0.1, -0.05) is 100 Å². The molecule has 0 aromatic heterocycles. The van der Waals surface area contributed by atoms with Crippen LogP contribution in [0.1, 0.15) is 77.3 Å². The minimum absolute atomic E-state index is 0. The smallest absolute Gasteiger partial charge is 0.302 e. The molecule has 4 rings (SSSR count). The summed E-state index contributed by atoms with van der Waals surface area (Å²) in [6.07, 6.45) is 15.4. The number of carbonyl (C=O) groups is 1. The number of likely N-dealkylation sites (tertiary alicyclic amines) is 2. The maximum Gasteiger partial charge on any atom is 0.355 e. The van der Waals surface area contributed by atoms with E-state index in [1.807, 2.05) is 72.8 Å². The van der Waals surface area contributed by atoms with Gasteiger partial charge in [-0.3, -0.25) is 0 Å². The molecule has 10 heteroatoms. The SMILES string of the molecule is CC(C)(CN1CCCCC1)C(/C=C/c1ccc(Cl)cc1)=N/NC(=O)N/N=C(\C=C\c1ccc(Cl)cc1)C(C)(C)CN1CCCCC1.Cl. The van der Waals surface area contributed by atoms with Gasteiger partial charge in [0, 0.05) is 34.0 Å². The first-order chi connectivity index (χ1) is 22.0. The number of halogens is 3. The molecule has 2 aromatic rings. The molecule has 47 heavy (non-hydrogen) atoms. The zero-order valence-corrected chi connectivity index (χ0v) is 30.6. The van der Waals surface area contributed by atoms with Gasteiger partial charge in [0.15, 0.2) is 0 Å². The van der Waals surface area contributed by atoms with Crippen LogP contribution in [0.5, 0.6) is 0 Å². The summed E-state index contributed by atoms with van der Waals surface area (Å²) in [5.74, 6) is 0. The highest BCUT2D eigenvalue weighted by atomic mass is 35.5. The van der Waals surface area contributed by atoms with Crippen molar-refractivity contribution in [2.45, 2.75) is 66.2 Å². The van der Waals surface area contributed by atoms with Crippen LogP contribution in [0.25, 0.3) is 12.2 Å².